The lowest BCUT2D eigenvalue weighted by Crippen LogP contribution is -2.47. The van der Waals surface area contributed by atoms with Crippen molar-refractivity contribution in [2.75, 3.05) is 54.0 Å². The van der Waals surface area contributed by atoms with E-state index in [9.17, 15) is 5.26 Å². The Hall–Kier alpha value is -2.88. The molecule has 0 radical (unpaired) electrons. The highest BCUT2D eigenvalue weighted by Gasteiger charge is 2.22. The molecule has 0 spiro atoms. The first kappa shape index (κ1) is 15.6. The number of aromatic nitrogens is 3. The quantitative estimate of drug-likeness (QED) is 0.845. The molecule has 0 N–H and O–H groups in total. The highest BCUT2D eigenvalue weighted by Crippen LogP contribution is 2.24. The van der Waals surface area contributed by atoms with Crippen LogP contribution in [0.25, 0.3) is 0 Å². The summed E-state index contributed by atoms with van der Waals surface area (Å²) < 4.78 is 0. The smallest absolute Gasteiger partial charge is 0.163 e. The third kappa shape index (κ3) is 3.20. The number of nitriles is 1. The highest BCUT2D eigenvalue weighted by atomic mass is 15.3. The Morgan fingerprint density at radius 1 is 0.840 bits per heavy atom. The SMILES string of the molecule is N#Cc1ncccc1N1CCN(c2cc(N3CCCC3)ncn2)CC1. The van der Waals surface area contributed by atoms with E-state index < -0.39 is 0 Å². The number of piperazine rings is 1. The molecular weight excluding hydrogens is 314 g/mol. The van der Waals surface area contributed by atoms with Crippen LogP contribution in [0.3, 0.4) is 0 Å². The standard InChI is InChI=1S/C18H21N7/c19-13-15-16(4-3-5-20-15)23-8-10-25(11-9-23)18-12-17(21-14-22-18)24-6-1-2-7-24/h3-5,12,14H,1-2,6-11H2. The molecule has 0 aromatic carbocycles. The van der Waals surface area contributed by atoms with Gasteiger partial charge in [-0.05, 0) is 25.0 Å². The lowest BCUT2D eigenvalue weighted by atomic mass is 10.2. The van der Waals surface area contributed by atoms with Gasteiger partial charge in [-0.25, -0.2) is 15.0 Å². The van der Waals surface area contributed by atoms with Crippen molar-refractivity contribution >= 4 is 17.3 Å². The maximum Gasteiger partial charge on any atom is 0.163 e. The maximum absolute atomic E-state index is 9.24. The topological polar surface area (TPSA) is 72.2 Å². The third-order valence-electron chi connectivity index (χ3n) is 4.90. The van der Waals surface area contributed by atoms with Crippen LogP contribution in [0.1, 0.15) is 18.5 Å². The number of anilines is 3. The molecule has 4 rings (SSSR count). The number of pyridine rings is 1. The average Bonchev–Trinajstić information content (AvgIpc) is 3.23. The minimum Gasteiger partial charge on any atom is -0.366 e. The zero-order chi connectivity index (χ0) is 17.1. The molecule has 2 aromatic heterocycles. The van der Waals surface area contributed by atoms with E-state index in [4.69, 9.17) is 0 Å². The Morgan fingerprint density at radius 2 is 1.48 bits per heavy atom. The van der Waals surface area contributed by atoms with Crippen LogP contribution in [0.4, 0.5) is 17.3 Å². The second-order valence-electron chi connectivity index (χ2n) is 6.39. The van der Waals surface area contributed by atoms with Crippen LogP contribution in [0.15, 0.2) is 30.7 Å². The summed E-state index contributed by atoms with van der Waals surface area (Å²) in [5.74, 6) is 2.02. The van der Waals surface area contributed by atoms with Gasteiger partial charge in [-0.2, -0.15) is 5.26 Å². The van der Waals surface area contributed by atoms with Gasteiger partial charge in [0.25, 0.3) is 0 Å². The van der Waals surface area contributed by atoms with Gasteiger partial charge in [0.05, 0.1) is 5.69 Å². The fourth-order valence-corrected chi connectivity index (χ4v) is 3.54. The van der Waals surface area contributed by atoms with Crippen molar-refractivity contribution in [1.29, 1.82) is 5.26 Å². The Bertz CT molecular complexity index is 771. The van der Waals surface area contributed by atoms with Gasteiger partial charge in [0.2, 0.25) is 0 Å². The first-order valence-electron chi connectivity index (χ1n) is 8.77. The maximum atomic E-state index is 9.24. The summed E-state index contributed by atoms with van der Waals surface area (Å²) in [5, 5.41) is 9.24. The molecule has 7 nitrogen and oxygen atoms in total. The predicted molar refractivity (Wildman–Crippen MR) is 96.9 cm³/mol. The van der Waals surface area contributed by atoms with Gasteiger partial charge < -0.3 is 14.7 Å². The van der Waals surface area contributed by atoms with Crippen molar-refractivity contribution in [2.45, 2.75) is 12.8 Å². The minimum absolute atomic E-state index is 0.495. The van der Waals surface area contributed by atoms with E-state index in [1.165, 1.54) is 12.8 Å². The van der Waals surface area contributed by atoms with Crippen molar-refractivity contribution < 1.29 is 0 Å². The van der Waals surface area contributed by atoms with E-state index in [0.717, 1.165) is 56.6 Å². The summed E-state index contributed by atoms with van der Waals surface area (Å²) in [4.78, 5) is 19.9. The second-order valence-corrected chi connectivity index (χ2v) is 6.39. The first-order valence-corrected chi connectivity index (χ1v) is 8.77. The third-order valence-corrected chi connectivity index (χ3v) is 4.90. The Labute approximate surface area is 147 Å². The van der Waals surface area contributed by atoms with E-state index >= 15 is 0 Å². The zero-order valence-corrected chi connectivity index (χ0v) is 14.2. The normalized spacial score (nSPS) is 17.6. The Morgan fingerprint density at radius 3 is 2.16 bits per heavy atom. The molecule has 2 aliphatic heterocycles. The summed E-state index contributed by atoms with van der Waals surface area (Å²) in [6.45, 7) is 5.61. The molecule has 2 saturated heterocycles. The zero-order valence-electron chi connectivity index (χ0n) is 14.2. The van der Waals surface area contributed by atoms with Crippen LogP contribution in [0.2, 0.25) is 0 Å². The highest BCUT2D eigenvalue weighted by molar-refractivity contribution is 5.57. The molecule has 0 atom stereocenters. The van der Waals surface area contributed by atoms with Crippen molar-refractivity contribution in [3.05, 3.63) is 36.4 Å². The molecule has 7 heteroatoms. The largest absolute Gasteiger partial charge is 0.366 e. The van der Waals surface area contributed by atoms with Gasteiger partial charge in [0.15, 0.2) is 5.69 Å². The van der Waals surface area contributed by atoms with Crippen molar-refractivity contribution in [1.82, 2.24) is 15.0 Å². The fourth-order valence-electron chi connectivity index (χ4n) is 3.54. The summed E-state index contributed by atoms with van der Waals surface area (Å²) in [7, 11) is 0. The van der Waals surface area contributed by atoms with E-state index in [1.54, 1.807) is 12.5 Å². The van der Waals surface area contributed by atoms with Crippen LogP contribution < -0.4 is 14.7 Å². The molecular formula is C18H21N7. The Balaban J connectivity index is 1.45. The fraction of sp³-hybridized carbons (Fsp3) is 0.444. The predicted octanol–water partition coefficient (Wildman–Crippen LogP) is 1.67. The van der Waals surface area contributed by atoms with Gasteiger partial charge in [-0.3, -0.25) is 0 Å². The summed E-state index contributed by atoms with van der Waals surface area (Å²) in [6.07, 6.45) is 5.82. The number of nitrogens with zero attached hydrogens (tertiary/aromatic N) is 7. The molecule has 2 aromatic rings. The van der Waals surface area contributed by atoms with Crippen LogP contribution in [-0.2, 0) is 0 Å². The molecule has 25 heavy (non-hydrogen) atoms. The summed E-state index contributed by atoms with van der Waals surface area (Å²) in [6, 6.07) is 8.14. The van der Waals surface area contributed by atoms with Gasteiger partial charge in [0.1, 0.15) is 24.0 Å². The Kier molecular flexibility index (Phi) is 4.34. The number of hydrogen-bond acceptors (Lipinski definition) is 7. The summed E-state index contributed by atoms with van der Waals surface area (Å²) >= 11 is 0. The molecule has 2 fully saturated rings. The van der Waals surface area contributed by atoms with Crippen molar-refractivity contribution in [3.63, 3.8) is 0 Å². The van der Waals surface area contributed by atoms with Crippen molar-refractivity contribution in [3.8, 4) is 6.07 Å². The van der Waals surface area contributed by atoms with Crippen LogP contribution in [0, 0.1) is 11.3 Å². The van der Waals surface area contributed by atoms with Crippen LogP contribution in [-0.4, -0.2) is 54.2 Å². The second kappa shape index (κ2) is 6.93. The molecule has 0 bridgehead atoms. The number of rotatable bonds is 3. The molecule has 2 aliphatic rings. The van der Waals surface area contributed by atoms with E-state index in [1.807, 2.05) is 12.1 Å². The lowest BCUT2D eigenvalue weighted by molar-refractivity contribution is 0.645. The summed E-state index contributed by atoms with van der Waals surface area (Å²) in [5.41, 5.74) is 1.42. The minimum atomic E-state index is 0.495. The van der Waals surface area contributed by atoms with Gasteiger partial charge in [-0.15, -0.1) is 0 Å². The van der Waals surface area contributed by atoms with Crippen LogP contribution >= 0.6 is 0 Å². The first-order chi connectivity index (χ1) is 12.3. The molecule has 0 amide bonds. The molecule has 0 aliphatic carbocycles. The number of hydrogen-bond donors (Lipinski definition) is 0. The van der Waals surface area contributed by atoms with Gasteiger partial charge >= 0.3 is 0 Å². The van der Waals surface area contributed by atoms with E-state index in [0.29, 0.717) is 5.69 Å². The van der Waals surface area contributed by atoms with Gasteiger partial charge in [0, 0.05) is 51.5 Å². The lowest BCUT2D eigenvalue weighted by Gasteiger charge is -2.37. The van der Waals surface area contributed by atoms with E-state index in [-0.39, 0.29) is 0 Å². The van der Waals surface area contributed by atoms with E-state index in [2.05, 4.69) is 41.8 Å². The molecule has 0 saturated carbocycles. The monoisotopic (exact) mass is 335 g/mol. The average molecular weight is 335 g/mol. The molecule has 4 heterocycles. The molecule has 0 unspecified atom stereocenters. The molecule has 128 valence electrons. The van der Waals surface area contributed by atoms with Crippen LogP contribution in [0.5, 0.6) is 0 Å². The van der Waals surface area contributed by atoms with Crippen molar-refractivity contribution in [2.24, 2.45) is 0 Å². The van der Waals surface area contributed by atoms with Gasteiger partial charge in [-0.1, -0.05) is 0 Å².